The quantitative estimate of drug-likeness (QED) is 0.508. The number of fused-ring (bicyclic) bond motifs is 1. The minimum Gasteiger partial charge on any atom is -0.494 e. The van der Waals surface area contributed by atoms with Gasteiger partial charge >= 0.3 is 0 Å². The maximum atomic E-state index is 11.7. The van der Waals surface area contributed by atoms with Crippen LogP contribution in [-0.2, 0) is 10.2 Å². The molecule has 0 aliphatic rings. The van der Waals surface area contributed by atoms with Gasteiger partial charge in [0, 0.05) is 11.5 Å². The first-order valence-corrected chi connectivity index (χ1v) is 9.68. The summed E-state index contributed by atoms with van der Waals surface area (Å²) in [5.74, 6) is 0.785. The molecule has 0 spiro atoms. The van der Waals surface area contributed by atoms with Crippen molar-refractivity contribution >= 4 is 28.2 Å². The predicted molar refractivity (Wildman–Crippen MR) is 118 cm³/mol. The van der Waals surface area contributed by atoms with E-state index < -0.39 is 5.41 Å². The lowest BCUT2D eigenvalue weighted by atomic mass is 9.84. The zero-order valence-corrected chi connectivity index (χ0v) is 17.9. The van der Waals surface area contributed by atoms with Crippen LogP contribution in [0.5, 0.6) is 17.4 Å². The summed E-state index contributed by atoms with van der Waals surface area (Å²) < 4.78 is 10.7. The Kier molecular flexibility index (Phi) is 5.73. The summed E-state index contributed by atoms with van der Waals surface area (Å²) in [6.07, 6.45) is 0.601. The van der Waals surface area contributed by atoms with E-state index in [0.717, 1.165) is 16.5 Å². The second-order valence-corrected chi connectivity index (χ2v) is 7.55. The molecule has 1 heterocycles. The molecule has 2 aromatic carbocycles. The number of carbonyl (C=O) groups is 1. The molecule has 0 atom stereocenters. The lowest BCUT2D eigenvalue weighted by Gasteiger charge is -2.20. The molecule has 1 amide bonds. The van der Waals surface area contributed by atoms with Crippen molar-refractivity contribution in [3.8, 4) is 17.4 Å². The van der Waals surface area contributed by atoms with Crippen LogP contribution >= 0.6 is 0 Å². The van der Waals surface area contributed by atoms with Gasteiger partial charge in [-0.15, -0.1) is 0 Å². The highest BCUT2D eigenvalue weighted by Crippen LogP contribution is 2.37. The summed E-state index contributed by atoms with van der Waals surface area (Å²) >= 11 is 0. The third kappa shape index (κ3) is 3.70. The van der Waals surface area contributed by atoms with E-state index in [1.807, 2.05) is 37.3 Å². The number of hydrogen-bond donors (Lipinski definition) is 3. The third-order valence-electron chi connectivity index (χ3n) is 5.38. The van der Waals surface area contributed by atoms with Crippen LogP contribution in [-0.4, -0.2) is 35.9 Å². The molecule has 3 aromatic rings. The Morgan fingerprint density at radius 1 is 1.13 bits per heavy atom. The average molecular weight is 409 g/mol. The van der Waals surface area contributed by atoms with Crippen molar-refractivity contribution in [3.63, 3.8) is 0 Å². The summed E-state index contributed by atoms with van der Waals surface area (Å²) in [5.41, 5.74) is 8.33. The standard InChI is InChI=1S/C23H27N3O4/c1-6-16(25-14-9-7-13(8-10-14)23(2,3)22(24)28)20-15-11-18(29-4)19(30-5)12-17(15)26-21(20)27/h7-12,26-27H,6H2,1-5H3,(H2,24,28). The molecule has 0 saturated carbocycles. The molecule has 0 radical (unpaired) electrons. The van der Waals surface area contributed by atoms with E-state index in [4.69, 9.17) is 20.2 Å². The number of aromatic amines is 1. The number of hydrogen-bond acceptors (Lipinski definition) is 5. The van der Waals surface area contributed by atoms with Gasteiger partial charge in [-0.1, -0.05) is 19.1 Å². The lowest BCUT2D eigenvalue weighted by molar-refractivity contribution is -0.122. The number of benzene rings is 2. The molecule has 0 bridgehead atoms. The lowest BCUT2D eigenvalue weighted by Crippen LogP contribution is -2.35. The number of H-pyrrole nitrogens is 1. The van der Waals surface area contributed by atoms with Crippen LogP contribution in [0.4, 0.5) is 5.69 Å². The fourth-order valence-electron chi connectivity index (χ4n) is 3.36. The Bertz CT molecular complexity index is 1110. The second kappa shape index (κ2) is 8.10. The molecular formula is C23H27N3O4. The highest BCUT2D eigenvalue weighted by atomic mass is 16.5. The van der Waals surface area contributed by atoms with E-state index in [1.165, 1.54) is 0 Å². The second-order valence-electron chi connectivity index (χ2n) is 7.55. The molecule has 0 fully saturated rings. The number of methoxy groups -OCH3 is 2. The van der Waals surface area contributed by atoms with Crippen LogP contribution < -0.4 is 15.2 Å². The van der Waals surface area contributed by atoms with Crippen LogP contribution in [0.1, 0.15) is 38.3 Å². The van der Waals surface area contributed by atoms with Gasteiger partial charge < -0.3 is 25.3 Å². The maximum Gasteiger partial charge on any atom is 0.227 e. The van der Waals surface area contributed by atoms with Gasteiger partial charge in [-0.2, -0.15) is 0 Å². The largest absolute Gasteiger partial charge is 0.494 e. The maximum absolute atomic E-state index is 11.7. The molecule has 7 nitrogen and oxygen atoms in total. The highest BCUT2D eigenvalue weighted by Gasteiger charge is 2.27. The molecule has 30 heavy (non-hydrogen) atoms. The Labute approximate surface area is 175 Å². The summed E-state index contributed by atoms with van der Waals surface area (Å²) in [7, 11) is 3.13. The van der Waals surface area contributed by atoms with Crippen molar-refractivity contribution in [3.05, 3.63) is 47.5 Å². The molecule has 0 unspecified atom stereocenters. The van der Waals surface area contributed by atoms with Crippen molar-refractivity contribution in [1.29, 1.82) is 0 Å². The molecular weight excluding hydrogens is 382 g/mol. The Morgan fingerprint density at radius 2 is 1.73 bits per heavy atom. The molecule has 3 rings (SSSR count). The molecule has 7 heteroatoms. The van der Waals surface area contributed by atoms with Crippen LogP contribution in [0, 0.1) is 0 Å². The van der Waals surface area contributed by atoms with E-state index in [1.54, 1.807) is 34.1 Å². The first-order chi connectivity index (χ1) is 14.2. The molecule has 1 aromatic heterocycles. The van der Waals surface area contributed by atoms with Crippen LogP contribution in [0.2, 0.25) is 0 Å². The summed E-state index contributed by atoms with van der Waals surface area (Å²) in [4.78, 5) is 19.4. The number of nitrogens with two attached hydrogens (primary N) is 1. The van der Waals surface area contributed by atoms with Crippen molar-refractivity contribution < 1.29 is 19.4 Å². The first kappa shape index (κ1) is 21.2. The topological polar surface area (TPSA) is 110 Å². The number of rotatable bonds is 7. The van der Waals surface area contributed by atoms with Gasteiger partial charge in [0.1, 0.15) is 0 Å². The molecule has 0 aliphatic carbocycles. The van der Waals surface area contributed by atoms with Crippen molar-refractivity contribution in [2.24, 2.45) is 10.7 Å². The summed E-state index contributed by atoms with van der Waals surface area (Å²) in [5, 5.41) is 11.4. The number of carbonyl (C=O) groups excluding carboxylic acids is 1. The SMILES string of the molecule is CCC(=Nc1ccc(C(C)(C)C(N)=O)cc1)c1c(O)[nH]c2cc(OC)c(OC)cc12. The van der Waals surface area contributed by atoms with E-state index in [2.05, 4.69) is 4.98 Å². The zero-order valence-electron chi connectivity index (χ0n) is 17.9. The highest BCUT2D eigenvalue weighted by molar-refractivity contribution is 6.14. The van der Waals surface area contributed by atoms with E-state index in [-0.39, 0.29) is 11.8 Å². The molecule has 158 valence electrons. The number of aliphatic imine (C=N–C) groups is 1. The number of amides is 1. The number of ether oxygens (including phenoxy) is 2. The Hall–Kier alpha value is -3.48. The van der Waals surface area contributed by atoms with Crippen LogP contribution in [0.15, 0.2) is 41.4 Å². The van der Waals surface area contributed by atoms with Gasteiger partial charge in [0.2, 0.25) is 5.91 Å². The monoisotopic (exact) mass is 409 g/mol. The van der Waals surface area contributed by atoms with Gasteiger partial charge in [0.15, 0.2) is 17.4 Å². The molecule has 0 aliphatic heterocycles. The number of aromatic hydroxyl groups is 1. The number of aromatic nitrogens is 1. The van der Waals surface area contributed by atoms with Gasteiger partial charge in [-0.25, -0.2) is 0 Å². The average Bonchev–Trinajstić information content (AvgIpc) is 3.05. The number of primary amides is 1. The number of nitrogens with one attached hydrogen (secondary N) is 1. The van der Waals surface area contributed by atoms with Gasteiger partial charge in [-0.3, -0.25) is 9.79 Å². The van der Waals surface area contributed by atoms with Gasteiger partial charge in [0.25, 0.3) is 0 Å². The fraction of sp³-hybridized carbons (Fsp3) is 0.304. The number of nitrogens with zero attached hydrogens (tertiary/aromatic N) is 1. The zero-order chi connectivity index (χ0) is 22.1. The fourth-order valence-corrected chi connectivity index (χ4v) is 3.36. The Balaban J connectivity index is 2.08. The molecule has 4 N–H and O–H groups in total. The van der Waals surface area contributed by atoms with Gasteiger partial charge in [-0.05, 0) is 44.0 Å². The van der Waals surface area contributed by atoms with E-state index >= 15 is 0 Å². The minimum absolute atomic E-state index is 0.0346. The first-order valence-electron chi connectivity index (χ1n) is 9.68. The minimum atomic E-state index is -0.763. The summed E-state index contributed by atoms with van der Waals surface area (Å²) in [6.45, 7) is 5.55. The van der Waals surface area contributed by atoms with Crippen LogP contribution in [0.25, 0.3) is 10.9 Å². The normalized spacial score (nSPS) is 12.2. The smallest absolute Gasteiger partial charge is 0.227 e. The van der Waals surface area contributed by atoms with Gasteiger partial charge in [0.05, 0.1) is 42.1 Å². The third-order valence-corrected chi connectivity index (χ3v) is 5.38. The summed E-state index contributed by atoms with van der Waals surface area (Å²) in [6, 6.07) is 11.0. The van der Waals surface area contributed by atoms with Crippen molar-refractivity contribution in [2.45, 2.75) is 32.6 Å². The van der Waals surface area contributed by atoms with Crippen LogP contribution in [0.3, 0.4) is 0 Å². The predicted octanol–water partition coefficient (Wildman–Crippen LogP) is 4.18. The van der Waals surface area contributed by atoms with Crippen molar-refractivity contribution in [2.75, 3.05) is 14.2 Å². The Morgan fingerprint density at radius 3 is 2.27 bits per heavy atom. The van der Waals surface area contributed by atoms with E-state index in [9.17, 15) is 9.90 Å². The molecule has 0 saturated heterocycles. The van der Waals surface area contributed by atoms with E-state index in [0.29, 0.717) is 34.9 Å². The van der Waals surface area contributed by atoms with Crippen molar-refractivity contribution in [1.82, 2.24) is 4.98 Å².